The fourth-order valence-electron chi connectivity index (χ4n) is 3.04. The van der Waals surface area contributed by atoms with Crippen LogP contribution in [0.5, 0.6) is 5.75 Å². The molecule has 0 saturated heterocycles. The number of allylic oxidation sites excluding steroid dienone is 1. The highest BCUT2D eigenvalue weighted by atomic mass is 35.5. The van der Waals surface area contributed by atoms with Crippen molar-refractivity contribution in [1.82, 2.24) is 4.98 Å². The SMILES string of the molecule is N#C/C(=C\c1ccccc1OCC(=O)Nc1ccccc1)c1nc(-c2ccc(Cl)cc2)cs1. The van der Waals surface area contributed by atoms with Crippen molar-refractivity contribution in [3.05, 3.63) is 99.8 Å². The Hall–Kier alpha value is -3.92. The molecule has 7 heteroatoms. The number of thiazole rings is 1. The van der Waals surface area contributed by atoms with Crippen LogP contribution in [0.4, 0.5) is 5.69 Å². The highest BCUT2D eigenvalue weighted by molar-refractivity contribution is 7.11. The van der Waals surface area contributed by atoms with Crippen LogP contribution < -0.4 is 10.1 Å². The summed E-state index contributed by atoms with van der Waals surface area (Å²) in [6.45, 7) is -0.153. The molecule has 0 aliphatic rings. The molecule has 3 aromatic carbocycles. The van der Waals surface area contributed by atoms with Crippen molar-refractivity contribution in [1.29, 1.82) is 5.26 Å². The molecule has 0 aliphatic heterocycles. The number of nitriles is 1. The molecule has 1 aromatic heterocycles. The highest BCUT2D eigenvalue weighted by Crippen LogP contribution is 2.29. The smallest absolute Gasteiger partial charge is 0.262 e. The van der Waals surface area contributed by atoms with Crippen molar-refractivity contribution in [2.45, 2.75) is 0 Å². The maximum atomic E-state index is 12.2. The Kier molecular flexibility index (Phi) is 7.16. The minimum atomic E-state index is -0.270. The van der Waals surface area contributed by atoms with Crippen LogP contribution in [0.1, 0.15) is 10.6 Å². The van der Waals surface area contributed by atoms with Gasteiger partial charge in [-0.25, -0.2) is 4.98 Å². The van der Waals surface area contributed by atoms with Crippen LogP contribution >= 0.6 is 22.9 Å². The molecule has 5 nitrogen and oxygen atoms in total. The van der Waals surface area contributed by atoms with Crippen molar-refractivity contribution in [2.75, 3.05) is 11.9 Å². The predicted molar refractivity (Wildman–Crippen MR) is 133 cm³/mol. The maximum Gasteiger partial charge on any atom is 0.262 e. The lowest BCUT2D eigenvalue weighted by Gasteiger charge is -2.10. The highest BCUT2D eigenvalue weighted by Gasteiger charge is 2.12. The Labute approximate surface area is 200 Å². The summed E-state index contributed by atoms with van der Waals surface area (Å²) in [5, 5.41) is 15.7. The molecule has 4 aromatic rings. The number of amides is 1. The second-order valence-corrected chi connectivity index (χ2v) is 8.25. The Morgan fingerprint density at radius 1 is 1.06 bits per heavy atom. The van der Waals surface area contributed by atoms with Gasteiger partial charge in [-0.3, -0.25) is 4.79 Å². The second kappa shape index (κ2) is 10.6. The van der Waals surface area contributed by atoms with Gasteiger partial charge in [0, 0.05) is 27.2 Å². The first-order valence-corrected chi connectivity index (χ1v) is 11.3. The summed E-state index contributed by atoms with van der Waals surface area (Å²) in [4.78, 5) is 16.8. The molecule has 0 saturated carbocycles. The van der Waals surface area contributed by atoms with E-state index in [9.17, 15) is 10.1 Å². The normalized spacial score (nSPS) is 11.0. The van der Waals surface area contributed by atoms with E-state index in [0.29, 0.717) is 32.6 Å². The van der Waals surface area contributed by atoms with Gasteiger partial charge in [0.15, 0.2) is 6.61 Å². The van der Waals surface area contributed by atoms with E-state index in [4.69, 9.17) is 16.3 Å². The summed E-state index contributed by atoms with van der Waals surface area (Å²) in [5.74, 6) is 0.232. The maximum absolute atomic E-state index is 12.2. The van der Waals surface area contributed by atoms with Crippen LogP contribution in [0.2, 0.25) is 5.02 Å². The zero-order valence-electron chi connectivity index (χ0n) is 17.4. The van der Waals surface area contributed by atoms with Crippen LogP contribution in [0.15, 0.2) is 84.2 Å². The van der Waals surface area contributed by atoms with Crippen molar-refractivity contribution in [3.8, 4) is 23.1 Å². The number of hydrogen-bond acceptors (Lipinski definition) is 5. The first kappa shape index (κ1) is 22.3. The van der Waals surface area contributed by atoms with E-state index in [1.165, 1.54) is 11.3 Å². The Bertz CT molecular complexity index is 1330. The van der Waals surface area contributed by atoms with Gasteiger partial charge in [0.1, 0.15) is 16.8 Å². The van der Waals surface area contributed by atoms with Crippen molar-refractivity contribution >= 4 is 46.2 Å². The van der Waals surface area contributed by atoms with E-state index >= 15 is 0 Å². The van der Waals surface area contributed by atoms with Crippen LogP contribution in [-0.4, -0.2) is 17.5 Å². The van der Waals surface area contributed by atoms with E-state index in [-0.39, 0.29) is 12.5 Å². The zero-order valence-corrected chi connectivity index (χ0v) is 18.9. The first-order valence-electron chi connectivity index (χ1n) is 10.0. The molecule has 0 unspecified atom stereocenters. The van der Waals surface area contributed by atoms with Gasteiger partial charge in [-0.15, -0.1) is 11.3 Å². The summed E-state index contributed by atoms with van der Waals surface area (Å²) in [6.07, 6.45) is 1.72. The molecule has 0 aliphatic carbocycles. The fraction of sp³-hybridized carbons (Fsp3) is 0.0385. The molecule has 0 radical (unpaired) electrons. The van der Waals surface area contributed by atoms with Gasteiger partial charge >= 0.3 is 0 Å². The van der Waals surface area contributed by atoms with Gasteiger partial charge in [-0.05, 0) is 36.4 Å². The third-order valence-electron chi connectivity index (χ3n) is 4.63. The van der Waals surface area contributed by atoms with Crippen molar-refractivity contribution in [3.63, 3.8) is 0 Å². The number of aromatic nitrogens is 1. The number of nitrogens with one attached hydrogen (secondary N) is 1. The molecule has 0 atom stereocenters. The Balaban J connectivity index is 1.50. The largest absolute Gasteiger partial charge is 0.483 e. The number of benzene rings is 3. The number of halogens is 1. The van der Waals surface area contributed by atoms with Crippen LogP contribution in [-0.2, 0) is 4.79 Å². The van der Waals surface area contributed by atoms with E-state index in [1.54, 1.807) is 36.4 Å². The van der Waals surface area contributed by atoms with Gasteiger partial charge in [0.25, 0.3) is 5.91 Å². The van der Waals surface area contributed by atoms with Crippen molar-refractivity contribution < 1.29 is 9.53 Å². The minimum absolute atomic E-state index is 0.153. The molecule has 1 amide bonds. The molecular weight excluding hydrogens is 454 g/mol. The average Bonchev–Trinajstić information content (AvgIpc) is 3.33. The van der Waals surface area contributed by atoms with Gasteiger partial charge in [0.05, 0.1) is 11.3 Å². The summed E-state index contributed by atoms with van der Waals surface area (Å²) in [6, 6.07) is 26.0. The first-order chi connectivity index (χ1) is 16.1. The molecule has 1 N–H and O–H groups in total. The summed E-state index contributed by atoms with van der Waals surface area (Å²) >= 11 is 7.35. The lowest BCUT2D eigenvalue weighted by atomic mass is 10.1. The van der Waals surface area contributed by atoms with Gasteiger partial charge in [-0.1, -0.05) is 60.1 Å². The number of nitrogens with zero attached hydrogens (tertiary/aromatic N) is 2. The molecule has 1 heterocycles. The number of para-hydroxylation sites is 2. The minimum Gasteiger partial charge on any atom is -0.483 e. The van der Waals surface area contributed by atoms with Crippen LogP contribution in [0, 0.1) is 11.3 Å². The quantitative estimate of drug-likeness (QED) is 0.310. The zero-order chi connectivity index (χ0) is 23.0. The fourth-order valence-corrected chi connectivity index (χ4v) is 3.96. The summed E-state index contributed by atoms with van der Waals surface area (Å²) < 4.78 is 5.74. The monoisotopic (exact) mass is 471 g/mol. The van der Waals surface area contributed by atoms with Gasteiger partial charge < -0.3 is 10.1 Å². The molecule has 4 rings (SSSR count). The molecular formula is C26H18ClN3O2S. The van der Waals surface area contributed by atoms with Gasteiger partial charge in [-0.2, -0.15) is 5.26 Å². The third-order valence-corrected chi connectivity index (χ3v) is 5.76. The average molecular weight is 472 g/mol. The summed E-state index contributed by atoms with van der Waals surface area (Å²) in [7, 11) is 0. The number of anilines is 1. The second-order valence-electron chi connectivity index (χ2n) is 6.96. The number of hydrogen-bond donors (Lipinski definition) is 1. The van der Waals surface area contributed by atoms with E-state index < -0.39 is 0 Å². The Morgan fingerprint density at radius 3 is 2.55 bits per heavy atom. The molecule has 33 heavy (non-hydrogen) atoms. The summed E-state index contributed by atoms with van der Waals surface area (Å²) in [5.41, 5.74) is 3.49. The number of rotatable bonds is 7. The topological polar surface area (TPSA) is 75.0 Å². The standard InChI is InChI=1S/C26H18ClN3O2S/c27-21-12-10-18(11-13-21)23-17-33-26(30-23)20(15-28)14-19-6-4-5-9-24(19)32-16-25(31)29-22-7-2-1-3-8-22/h1-14,17H,16H2,(H,29,31)/b20-14+. The van der Waals surface area contributed by atoms with Crippen LogP contribution in [0.3, 0.4) is 0 Å². The van der Waals surface area contributed by atoms with Crippen LogP contribution in [0.25, 0.3) is 22.9 Å². The van der Waals surface area contributed by atoms with E-state index in [0.717, 1.165) is 11.3 Å². The number of carbonyl (C=O) groups is 1. The molecule has 0 bridgehead atoms. The molecule has 162 valence electrons. The van der Waals surface area contributed by atoms with E-state index in [2.05, 4.69) is 16.4 Å². The lowest BCUT2D eigenvalue weighted by Crippen LogP contribution is -2.20. The number of carbonyl (C=O) groups excluding carboxylic acids is 1. The molecule has 0 spiro atoms. The Morgan fingerprint density at radius 2 is 1.79 bits per heavy atom. The number of ether oxygens (including phenoxy) is 1. The van der Waals surface area contributed by atoms with Gasteiger partial charge in [0.2, 0.25) is 0 Å². The van der Waals surface area contributed by atoms with Crippen molar-refractivity contribution in [2.24, 2.45) is 0 Å². The molecule has 0 fully saturated rings. The third kappa shape index (κ3) is 5.86. The predicted octanol–water partition coefficient (Wildman–Crippen LogP) is 6.55. The lowest BCUT2D eigenvalue weighted by molar-refractivity contribution is -0.118. The van der Waals surface area contributed by atoms with E-state index in [1.807, 2.05) is 53.9 Å².